The van der Waals surface area contributed by atoms with Crippen molar-refractivity contribution in [3.05, 3.63) is 29.8 Å². The Morgan fingerprint density at radius 3 is 2.36 bits per heavy atom. The molecule has 2 rings (SSSR count). The molecular formula is C19H30N2O3S. The Bertz CT molecular complexity index is 712. The molecule has 0 bridgehead atoms. The number of sulfonamides is 1. The molecule has 1 saturated heterocycles. The highest BCUT2D eigenvalue weighted by molar-refractivity contribution is 7.89. The number of hydrogen-bond acceptors (Lipinski definition) is 3. The number of carbonyl (C=O) groups is 1. The van der Waals surface area contributed by atoms with Crippen molar-refractivity contribution < 1.29 is 13.2 Å². The summed E-state index contributed by atoms with van der Waals surface area (Å²) < 4.78 is 27.5. The Morgan fingerprint density at radius 2 is 1.80 bits per heavy atom. The van der Waals surface area contributed by atoms with Gasteiger partial charge in [-0.05, 0) is 41.9 Å². The van der Waals surface area contributed by atoms with Crippen LogP contribution in [0.4, 0.5) is 0 Å². The van der Waals surface area contributed by atoms with Crippen LogP contribution in [-0.2, 0) is 10.0 Å². The molecule has 1 aromatic rings. The van der Waals surface area contributed by atoms with Crippen LogP contribution in [0.25, 0.3) is 0 Å². The molecule has 1 aliphatic rings. The van der Waals surface area contributed by atoms with Gasteiger partial charge in [-0.1, -0.05) is 40.7 Å². The summed E-state index contributed by atoms with van der Waals surface area (Å²) in [6, 6.07) is 6.34. The number of nitrogens with zero attached hydrogens (tertiary/aromatic N) is 1. The van der Waals surface area contributed by atoms with Crippen LogP contribution >= 0.6 is 0 Å². The maximum Gasteiger partial charge on any atom is 0.251 e. The van der Waals surface area contributed by atoms with E-state index in [2.05, 4.69) is 19.2 Å². The number of hydrogen-bond donors (Lipinski definition) is 1. The maximum absolute atomic E-state index is 13.0. The van der Waals surface area contributed by atoms with Gasteiger partial charge in [0, 0.05) is 25.2 Å². The first-order valence-corrected chi connectivity index (χ1v) is 10.3. The second kappa shape index (κ2) is 7.46. The highest BCUT2D eigenvalue weighted by Crippen LogP contribution is 2.27. The van der Waals surface area contributed by atoms with Gasteiger partial charge in [0.15, 0.2) is 0 Å². The van der Waals surface area contributed by atoms with Crippen molar-refractivity contribution in [1.82, 2.24) is 9.62 Å². The minimum Gasteiger partial charge on any atom is -0.352 e. The van der Waals surface area contributed by atoms with E-state index in [0.717, 1.165) is 6.42 Å². The first-order chi connectivity index (χ1) is 11.5. The standard InChI is InChI=1S/C19H30N2O3S/c1-14-9-15(2)12-21(11-14)25(23,24)17-8-6-7-16(10-17)18(22)20-13-19(3,4)5/h6-8,10,14-15H,9,11-13H2,1-5H3,(H,20,22). The normalized spacial score (nSPS) is 22.6. The Labute approximate surface area is 151 Å². The van der Waals surface area contributed by atoms with E-state index in [1.807, 2.05) is 20.8 Å². The molecule has 1 fully saturated rings. The number of benzene rings is 1. The van der Waals surface area contributed by atoms with E-state index in [1.165, 1.54) is 6.07 Å². The van der Waals surface area contributed by atoms with Gasteiger partial charge in [-0.3, -0.25) is 4.79 Å². The fourth-order valence-corrected chi connectivity index (χ4v) is 4.92. The first kappa shape index (κ1) is 19.9. The van der Waals surface area contributed by atoms with Crippen LogP contribution in [-0.4, -0.2) is 38.3 Å². The summed E-state index contributed by atoms with van der Waals surface area (Å²) in [5.41, 5.74) is 0.350. The van der Waals surface area contributed by atoms with Gasteiger partial charge >= 0.3 is 0 Å². The second-order valence-electron chi connectivity index (χ2n) is 8.54. The van der Waals surface area contributed by atoms with E-state index < -0.39 is 10.0 Å². The molecule has 6 heteroatoms. The molecule has 1 heterocycles. The van der Waals surface area contributed by atoms with E-state index in [9.17, 15) is 13.2 Å². The monoisotopic (exact) mass is 366 g/mol. The van der Waals surface area contributed by atoms with Gasteiger partial charge < -0.3 is 5.32 Å². The van der Waals surface area contributed by atoms with Crippen molar-refractivity contribution in [2.24, 2.45) is 17.3 Å². The number of rotatable bonds is 4. The Kier molecular flexibility index (Phi) is 5.94. The summed E-state index contributed by atoms with van der Waals surface area (Å²) >= 11 is 0. The quantitative estimate of drug-likeness (QED) is 0.890. The molecular weight excluding hydrogens is 336 g/mol. The van der Waals surface area contributed by atoms with Crippen LogP contribution in [0, 0.1) is 17.3 Å². The zero-order valence-corrected chi connectivity index (χ0v) is 16.7. The lowest BCUT2D eigenvalue weighted by Crippen LogP contribution is -2.42. The van der Waals surface area contributed by atoms with Crippen LogP contribution in [0.1, 0.15) is 51.4 Å². The summed E-state index contributed by atoms with van der Waals surface area (Å²) in [5, 5.41) is 2.86. The third kappa shape index (κ3) is 5.28. The molecule has 1 aromatic carbocycles. The summed E-state index contributed by atoms with van der Waals surface area (Å²) in [5.74, 6) is 0.445. The first-order valence-electron chi connectivity index (χ1n) is 8.87. The SMILES string of the molecule is CC1CC(C)CN(S(=O)(=O)c2cccc(C(=O)NCC(C)(C)C)c2)C1. The molecule has 0 aliphatic carbocycles. The fraction of sp³-hybridized carbons (Fsp3) is 0.632. The zero-order valence-electron chi connectivity index (χ0n) is 15.9. The van der Waals surface area contributed by atoms with Gasteiger partial charge in [0.2, 0.25) is 10.0 Å². The van der Waals surface area contributed by atoms with Crippen molar-refractivity contribution >= 4 is 15.9 Å². The highest BCUT2D eigenvalue weighted by Gasteiger charge is 2.32. The Hall–Kier alpha value is -1.40. The number of carbonyl (C=O) groups excluding carboxylic acids is 1. The lowest BCUT2D eigenvalue weighted by atomic mass is 9.94. The Morgan fingerprint density at radius 1 is 1.20 bits per heavy atom. The largest absolute Gasteiger partial charge is 0.352 e. The number of amides is 1. The summed E-state index contributed by atoms with van der Waals surface area (Å²) in [6.07, 6.45) is 1.04. The van der Waals surface area contributed by atoms with E-state index in [-0.39, 0.29) is 16.2 Å². The second-order valence-corrected chi connectivity index (χ2v) is 10.5. The number of nitrogens with one attached hydrogen (secondary N) is 1. The van der Waals surface area contributed by atoms with Crippen LogP contribution in [0.2, 0.25) is 0 Å². The van der Waals surface area contributed by atoms with Crippen LogP contribution in [0.3, 0.4) is 0 Å². The predicted molar refractivity (Wildman–Crippen MR) is 99.9 cm³/mol. The third-order valence-electron chi connectivity index (χ3n) is 4.35. The smallest absolute Gasteiger partial charge is 0.251 e. The molecule has 1 amide bonds. The van der Waals surface area contributed by atoms with Crippen molar-refractivity contribution in [1.29, 1.82) is 0 Å². The molecule has 25 heavy (non-hydrogen) atoms. The zero-order chi connectivity index (χ0) is 18.8. The lowest BCUT2D eigenvalue weighted by Gasteiger charge is -2.34. The molecule has 2 unspecified atom stereocenters. The summed E-state index contributed by atoms with van der Waals surface area (Å²) in [4.78, 5) is 12.5. The third-order valence-corrected chi connectivity index (χ3v) is 6.18. The molecule has 140 valence electrons. The van der Waals surface area contributed by atoms with Crippen molar-refractivity contribution in [2.75, 3.05) is 19.6 Å². The maximum atomic E-state index is 13.0. The van der Waals surface area contributed by atoms with Crippen molar-refractivity contribution in [3.63, 3.8) is 0 Å². The van der Waals surface area contributed by atoms with Crippen LogP contribution in [0.5, 0.6) is 0 Å². The highest BCUT2D eigenvalue weighted by atomic mass is 32.2. The molecule has 0 spiro atoms. The molecule has 0 radical (unpaired) electrons. The Balaban J connectivity index is 2.21. The molecule has 5 nitrogen and oxygen atoms in total. The minimum atomic E-state index is -3.57. The van der Waals surface area contributed by atoms with E-state index in [0.29, 0.717) is 37.0 Å². The molecule has 1 aliphatic heterocycles. The minimum absolute atomic E-state index is 0.0283. The molecule has 0 saturated carbocycles. The van der Waals surface area contributed by atoms with Gasteiger partial charge in [0.25, 0.3) is 5.91 Å². The molecule has 0 aromatic heterocycles. The lowest BCUT2D eigenvalue weighted by molar-refractivity contribution is 0.0939. The molecule has 2 atom stereocenters. The topological polar surface area (TPSA) is 66.5 Å². The summed E-state index contributed by atoms with van der Waals surface area (Å²) in [7, 11) is -3.57. The van der Waals surface area contributed by atoms with Gasteiger partial charge in [-0.25, -0.2) is 8.42 Å². The summed E-state index contributed by atoms with van der Waals surface area (Å²) in [6.45, 7) is 11.9. The van der Waals surface area contributed by atoms with Gasteiger partial charge in [-0.15, -0.1) is 0 Å². The van der Waals surface area contributed by atoms with E-state index in [1.54, 1.807) is 22.5 Å². The van der Waals surface area contributed by atoms with E-state index >= 15 is 0 Å². The number of piperidine rings is 1. The van der Waals surface area contributed by atoms with Crippen molar-refractivity contribution in [3.8, 4) is 0 Å². The van der Waals surface area contributed by atoms with Gasteiger partial charge in [0.05, 0.1) is 4.90 Å². The predicted octanol–water partition coefficient (Wildman–Crippen LogP) is 3.13. The van der Waals surface area contributed by atoms with Gasteiger partial charge in [-0.2, -0.15) is 4.31 Å². The average Bonchev–Trinajstić information content (AvgIpc) is 2.51. The fourth-order valence-electron chi connectivity index (χ4n) is 3.20. The van der Waals surface area contributed by atoms with Gasteiger partial charge in [0.1, 0.15) is 0 Å². The average molecular weight is 367 g/mol. The van der Waals surface area contributed by atoms with E-state index in [4.69, 9.17) is 0 Å². The van der Waals surface area contributed by atoms with Crippen LogP contribution in [0.15, 0.2) is 29.2 Å². The van der Waals surface area contributed by atoms with Crippen LogP contribution < -0.4 is 5.32 Å². The van der Waals surface area contributed by atoms with Crippen molar-refractivity contribution in [2.45, 2.75) is 45.9 Å². The molecule has 1 N–H and O–H groups in total.